The van der Waals surface area contributed by atoms with E-state index in [0.29, 0.717) is 35.7 Å². The molecule has 0 radical (unpaired) electrons. The molecule has 0 unspecified atom stereocenters. The minimum absolute atomic E-state index is 0.163. The Morgan fingerprint density at radius 1 is 1.06 bits per heavy atom. The first-order valence-corrected chi connectivity index (χ1v) is 10.9. The van der Waals surface area contributed by atoms with Crippen LogP contribution in [-0.4, -0.2) is 27.9 Å². The summed E-state index contributed by atoms with van der Waals surface area (Å²) in [6.45, 7) is 1.04. The van der Waals surface area contributed by atoms with Gasteiger partial charge in [-0.25, -0.2) is 4.98 Å². The van der Waals surface area contributed by atoms with Gasteiger partial charge in [0.05, 0.1) is 24.1 Å². The lowest BCUT2D eigenvalue weighted by molar-refractivity contribution is -0.121. The number of hydrogen-bond donors (Lipinski definition) is 2. The smallest absolute Gasteiger partial charge is 0.251 e. The molecule has 2 heterocycles. The van der Waals surface area contributed by atoms with Crippen LogP contribution < -0.4 is 15.4 Å². The van der Waals surface area contributed by atoms with Gasteiger partial charge in [0.1, 0.15) is 17.6 Å². The average Bonchev–Trinajstić information content (AvgIpc) is 3.28. The van der Waals surface area contributed by atoms with Crippen molar-refractivity contribution in [2.75, 3.05) is 6.54 Å². The zero-order chi connectivity index (χ0) is 23.5. The van der Waals surface area contributed by atoms with Crippen LogP contribution >= 0.6 is 0 Å². The number of ether oxygens (including phenoxy) is 1. The lowest BCUT2D eigenvalue weighted by Crippen LogP contribution is -2.31. The summed E-state index contributed by atoms with van der Waals surface area (Å²) < 4.78 is 8.06. The summed E-state index contributed by atoms with van der Waals surface area (Å²) in [6.07, 6.45) is 3.56. The van der Waals surface area contributed by atoms with Gasteiger partial charge in [0.15, 0.2) is 0 Å². The Bertz CT molecular complexity index is 1450. The predicted octanol–water partition coefficient (Wildman–Crippen LogP) is 3.50. The van der Waals surface area contributed by atoms with E-state index < -0.39 is 0 Å². The lowest BCUT2D eigenvalue weighted by Gasteiger charge is -2.14. The van der Waals surface area contributed by atoms with Gasteiger partial charge < -0.3 is 19.9 Å². The van der Waals surface area contributed by atoms with E-state index in [2.05, 4.69) is 21.7 Å². The number of carbonyl (C=O) groups excluding carboxylic acids is 2. The fourth-order valence-corrected chi connectivity index (χ4v) is 3.98. The maximum Gasteiger partial charge on any atom is 0.251 e. The fraction of sp³-hybridized carbons (Fsp3) is 0.154. The Morgan fingerprint density at radius 3 is 2.85 bits per heavy atom. The van der Waals surface area contributed by atoms with Gasteiger partial charge >= 0.3 is 0 Å². The van der Waals surface area contributed by atoms with Crippen molar-refractivity contribution in [2.24, 2.45) is 0 Å². The van der Waals surface area contributed by atoms with Crippen molar-refractivity contribution < 1.29 is 14.3 Å². The Kier molecular flexibility index (Phi) is 5.67. The average molecular weight is 451 g/mol. The third-order valence-electron chi connectivity index (χ3n) is 5.75. The molecule has 168 valence electrons. The number of nitrogens with zero attached hydrogens (tertiary/aromatic N) is 3. The van der Waals surface area contributed by atoms with Crippen molar-refractivity contribution in [2.45, 2.75) is 19.5 Å². The Labute approximate surface area is 195 Å². The summed E-state index contributed by atoms with van der Waals surface area (Å²) in [5.41, 5.74) is 2.65. The van der Waals surface area contributed by atoms with Crippen LogP contribution in [0.3, 0.4) is 0 Å². The molecule has 4 bridgehead atoms. The van der Waals surface area contributed by atoms with Crippen molar-refractivity contribution in [3.05, 3.63) is 89.5 Å². The molecule has 2 N–H and O–H groups in total. The van der Waals surface area contributed by atoms with Crippen LogP contribution in [0.15, 0.2) is 67.1 Å². The van der Waals surface area contributed by atoms with Crippen molar-refractivity contribution in [3.8, 4) is 17.6 Å². The van der Waals surface area contributed by atoms with Crippen LogP contribution in [-0.2, 0) is 17.9 Å². The highest BCUT2D eigenvalue weighted by molar-refractivity contribution is 6.07. The summed E-state index contributed by atoms with van der Waals surface area (Å²) in [5, 5.41) is 16.9. The number of carbonyl (C=O) groups is 2. The number of nitrogens with one attached hydrogen (secondary N) is 2. The zero-order valence-electron chi connectivity index (χ0n) is 18.2. The molecule has 1 aromatic heterocycles. The SMILES string of the molecule is N#Cc1ccc2cc1Oc1ccc3cccc(c3c1)C(=O)NCCC(=O)NCc1cncn1C2. The highest BCUT2D eigenvalue weighted by atomic mass is 16.5. The molecule has 8 nitrogen and oxygen atoms in total. The molecule has 0 fully saturated rings. The number of nitriles is 1. The van der Waals surface area contributed by atoms with Gasteiger partial charge in [0, 0.05) is 31.3 Å². The Balaban J connectivity index is 1.58. The largest absolute Gasteiger partial charge is 0.456 e. The second-order valence-electron chi connectivity index (χ2n) is 8.03. The maximum absolute atomic E-state index is 12.9. The van der Waals surface area contributed by atoms with Crippen LogP contribution in [0.2, 0.25) is 0 Å². The van der Waals surface area contributed by atoms with Gasteiger partial charge in [-0.05, 0) is 46.7 Å². The van der Waals surface area contributed by atoms with Gasteiger partial charge in [0.25, 0.3) is 5.91 Å². The molecule has 0 saturated heterocycles. The van der Waals surface area contributed by atoms with Crippen molar-refractivity contribution >= 4 is 22.6 Å². The highest BCUT2D eigenvalue weighted by Gasteiger charge is 2.14. The lowest BCUT2D eigenvalue weighted by atomic mass is 10.0. The van der Waals surface area contributed by atoms with Crippen LogP contribution in [0.5, 0.6) is 11.5 Å². The molecule has 0 saturated carbocycles. The van der Waals surface area contributed by atoms with E-state index in [1.54, 1.807) is 30.7 Å². The molecule has 1 aliphatic heterocycles. The van der Waals surface area contributed by atoms with Crippen LogP contribution in [0.1, 0.15) is 33.6 Å². The summed E-state index contributed by atoms with van der Waals surface area (Å²) >= 11 is 0. The molecule has 8 heteroatoms. The number of rotatable bonds is 0. The molecule has 3 aromatic carbocycles. The fourth-order valence-electron chi connectivity index (χ4n) is 3.98. The zero-order valence-corrected chi connectivity index (χ0v) is 18.2. The van der Waals surface area contributed by atoms with E-state index in [1.807, 2.05) is 41.0 Å². The van der Waals surface area contributed by atoms with E-state index >= 15 is 0 Å². The Morgan fingerprint density at radius 2 is 1.97 bits per heavy atom. The first-order chi connectivity index (χ1) is 16.6. The van der Waals surface area contributed by atoms with Crippen LogP contribution in [0, 0.1) is 11.3 Å². The minimum atomic E-state index is -0.269. The standard InChI is InChI=1S/C26H21N5O3/c27-12-19-5-4-17-10-24(19)34-21-7-6-18-2-1-3-22(23(18)11-21)26(33)29-9-8-25(32)30-14-20-13-28-16-31(20)15-17/h1-7,10-11,13,16H,8-9,14-15H2,(H,29,33)(H,30,32). The topological polar surface area (TPSA) is 109 Å². The second-order valence-corrected chi connectivity index (χ2v) is 8.03. The molecule has 0 atom stereocenters. The molecular formula is C26H21N5O3. The van der Waals surface area contributed by atoms with E-state index in [1.165, 1.54) is 0 Å². The first kappa shape index (κ1) is 21.2. The Hall–Kier alpha value is -4.64. The van der Waals surface area contributed by atoms with E-state index in [0.717, 1.165) is 22.0 Å². The number of imidazole rings is 1. The summed E-state index contributed by atoms with van der Waals surface area (Å²) in [5.74, 6) is 0.514. The second kappa shape index (κ2) is 9.08. The third-order valence-corrected chi connectivity index (χ3v) is 5.75. The molecule has 1 aliphatic rings. The molecule has 4 aromatic rings. The van der Waals surface area contributed by atoms with Crippen LogP contribution in [0.4, 0.5) is 0 Å². The van der Waals surface area contributed by atoms with Crippen LogP contribution in [0.25, 0.3) is 10.8 Å². The number of aromatic nitrogens is 2. The molecule has 0 spiro atoms. The van der Waals surface area contributed by atoms with Gasteiger partial charge in [-0.15, -0.1) is 0 Å². The number of hydrogen-bond acceptors (Lipinski definition) is 5. The first-order valence-electron chi connectivity index (χ1n) is 10.9. The summed E-state index contributed by atoms with van der Waals surface area (Å²) in [7, 11) is 0. The van der Waals surface area contributed by atoms with E-state index in [9.17, 15) is 14.9 Å². The minimum Gasteiger partial charge on any atom is -0.456 e. The predicted molar refractivity (Wildman–Crippen MR) is 125 cm³/mol. The number of amides is 2. The van der Waals surface area contributed by atoms with Crippen molar-refractivity contribution in [1.29, 1.82) is 5.26 Å². The molecule has 34 heavy (non-hydrogen) atoms. The number of fused-ring (bicyclic) bond motifs is 4. The van der Waals surface area contributed by atoms with E-state index in [4.69, 9.17) is 4.74 Å². The molecule has 5 rings (SSSR count). The molecule has 0 aliphatic carbocycles. The highest BCUT2D eigenvalue weighted by Crippen LogP contribution is 2.30. The normalized spacial score (nSPS) is 14.2. The van der Waals surface area contributed by atoms with Gasteiger partial charge in [-0.2, -0.15) is 5.26 Å². The molecule has 2 amide bonds. The molecular weight excluding hydrogens is 430 g/mol. The third kappa shape index (κ3) is 4.32. The summed E-state index contributed by atoms with van der Waals surface area (Å²) in [6, 6.07) is 18.5. The van der Waals surface area contributed by atoms with Gasteiger partial charge in [-0.1, -0.05) is 24.3 Å². The van der Waals surface area contributed by atoms with Gasteiger partial charge in [-0.3, -0.25) is 9.59 Å². The summed E-state index contributed by atoms with van der Waals surface area (Å²) in [4.78, 5) is 29.4. The quantitative estimate of drug-likeness (QED) is 0.425. The van der Waals surface area contributed by atoms with Crippen molar-refractivity contribution in [1.82, 2.24) is 20.2 Å². The van der Waals surface area contributed by atoms with Gasteiger partial charge in [0.2, 0.25) is 5.91 Å². The maximum atomic E-state index is 12.9. The number of benzene rings is 3. The monoisotopic (exact) mass is 451 g/mol. The van der Waals surface area contributed by atoms with E-state index in [-0.39, 0.29) is 24.8 Å². The van der Waals surface area contributed by atoms with Crippen molar-refractivity contribution in [3.63, 3.8) is 0 Å².